The summed E-state index contributed by atoms with van der Waals surface area (Å²) in [6, 6.07) is 8.24. The van der Waals surface area contributed by atoms with Gasteiger partial charge in [0, 0.05) is 30.7 Å². The maximum atomic E-state index is 13.5. The minimum Gasteiger partial charge on any atom is -0.394 e. The van der Waals surface area contributed by atoms with E-state index in [9.17, 15) is 23.1 Å². The van der Waals surface area contributed by atoms with Crippen molar-refractivity contribution in [3.8, 4) is 16.9 Å². The summed E-state index contributed by atoms with van der Waals surface area (Å²) in [6.07, 6.45) is 4.87. The third-order valence-electron chi connectivity index (χ3n) is 6.90. The molecule has 2 aliphatic rings. The Hall–Kier alpha value is -3.06. The molecule has 0 unspecified atom stereocenters. The van der Waals surface area contributed by atoms with E-state index in [1.807, 2.05) is 0 Å². The lowest BCUT2D eigenvalue weighted by Gasteiger charge is -2.40. The van der Waals surface area contributed by atoms with Crippen molar-refractivity contribution in [3.05, 3.63) is 63.7 Å². The molecule has 0 spiro atoms. The molecule has 1 saturated carbocycles. The van der Waals surface area contributed by atoms with Crippen LogP contribution in [0.1, 0.15) is 36.0 Å². The molecular formula is C24H27ClN6O5S. The highest BCUT2D eigenvalue weighted by atomic mass is 35.5. The first kappa shape index (κ1) is 25.6. The minimum atomic E-state index is -3.35. The van der Waals surface area contributed by atoms with Gasteiger partial charge in [0.05, 0.1) is 35.5 Å². The predicted octanol–water partition coefficient (Wildman–Crippen LogP) is 1.34. The fourth-order valence-corrected chi connectivity index (χ4v) is 6.46. The molecule has 5 rings (SSSR count). The molecule has 13 heteroatoms. The topological polar surface area (TPSA) is 139 Å². The van der Waals surface area contributed by atoms with Gasteiger partial charge in [0.1, 0.15) is 11.3 Å². The van der Waals surface area contributed by atoms with Crippen LogP contribution in [-0.2, 0) is 17.1 Å². The first-order valence-electron chi connectivity index (χ1n) is 11.9. The number of nitrogens with one attached hydrogen (secondary N) is 1. The van der Waals surface area contributed by atoms with Crippen molar-refractivity contribution in [3.63, 3.8) is 0 Å². The van der Waals surface area contributed by atoms with Crippen molar-refractivity contribution in [2.75, 3.05) is 19.7 Å². The fourth-order valence-electron chi connectivity index (χ4n) is 4.49. The van der Waals surface area contributed by atoms with Crippen LogP contribution in [0.5, 0.6) is 0 Å². The van der Waals surface area contributed by atoms with Gasteiger partial charge in [-0.05, 0) is 43.9 Å². The second-order valence-corrected chi connectivity index (χ2v) is 12.2. The van der Waals surface area contributed by atoms with Crippen LogP contribution >= 0.6 is 11.6 Å². The molecule has 37 heavy (non-hydrogen) atoms. The van der Waals surface area contributed by atoms with Crippen LogP contribution in [0, 0.1) is 0 Å². The Labute approximate surface area is 218 Å². The number of carbonyl (C=O) groups is 1. The number of sulfonamides is 1. The second-order valence-electron chi connectivity index (χ2n) is 9.58. The third kappa shape index (κ3) is 5.06. The van der Waals surface area contributed by atoms with E-state index in [1.165, 1.54) is 21.3 Å². The molecule has 1 aromatic carbocycles. The number of halogens is 1. The highest BCUT2D eigenvalue weighted by Crippen LogP contribution is 2.34. The number of aryl methyl sites for hydroxylation is 1. The fraction of sp³-hybridized carbons (Fsp3) is 0.417. The number of nitrogens with zero attached hydrogens (tertiary/aromatic N) is 5. The first-order valence-corrected chi connectivity index (χ1v) is 13.8. The standard InChI is InChI=1S/C24H27ClN6O5S/c1-29-14-18(13-26-29)31-23(34)20(12-21(28-31)16-2-4-17(25)5-3-16)22(33)27-24(15-32)8-10-30(11-9-24)37(35,36)19-6-7-19/h2-5,12-14,19,32H,6-11,15H2,1H3,(H,27,33). The van der Waals surface area contributed by atoms with Gasteiger partial charge in [-0.3, -0.25) is 14.3 Å². The summed E-state index contributed by atoms with van der Waals surface area (Å²) in [7, 11) is -1.65. The second kappa shape index (κ2) is 9.67. The van der Waals surface area contributed by atoms with Gasteiger partial charge in [-0.25, -0.2) is 12.7 Å². The molecule has 1 aliphatic heterocycles. The summed E-state index contributed by atoms with van der Waals surface area (Å²) < 4.78 is 29.3. The van der Waals surface area contributed by atoms with Gasteiger partial charge >= 0.3 is 0 Å². The molecule has 3 heterocycles. The summed E-state index contributed by atoms with van der Waals surface area (Å²) in [5, 5.41) is 21.8. The van der Waals surface area contributed by atoms with Crippen molar-refractivity contribution in [2.45, 2.75) is 36.5 Å². The maximum absolute atomic E-state index is 13.5. The summed E-state index contributed by atoms with van der Waals surface area (Å²) >= 11 is 6.02. The van der Waals surface area contributed by atoms with E-state index in [-0.39, 0.29) is 43.4 Å². The van der Waals surface area contributed by atoms with Crippen LogP contribution in [0.2, 0.25) is 5.02 Å². The van der Waals surface area contributed by atoms with Gasteiger partial charge in [0.2, 0.25) is 10.0 Å². The van der Waals surface area contributed by atoms with E-state index < -0.39 is 27.0 Å². The number of hydrogen-bond acceptors (Lipinski definition) is 7. The summed E-state index contributed by atoms with van der Waals surface area (Å²) in [4.78, 5) is 26.9. The molecular weight excluding hydrogens is 520 g/mol. The van der Waals surface area contributed by atoms with Crippen LogP contribution in [-0.4, -0.2) is 73.8 Å². The van der Waals surface area contributed by atoms with Gasteiger partial charge < -0.3 is 10.4 Å². The molecule has 2 fully saturated rings. The Bertz CT molecular complexity index is 1490. The molecule has 2 N–H and O–H groups in total. The average molecular weight is 547 g/mol. The van der Waals surface area contributed by atoms with Crippen molar-refractivity contribution in [1.82, 2.24) is 29.2 Å². The molecule has 196 valence electrons. The molecule has 0 bridgehead atoms. The number of aliphatic hydroxyl groups excluding tert-OH is 1. The Morgan fingerprint density at radius 1 is 1.22 bits per heavy atom. The number of aliphatic hydroxyl groups is 1. The maximum Gasteiger partial charge on any atom is 0.284 e. The van der Waals surface area contributed by atoms with Gasteiger partial charge in [0.15, 0.2) is 0 Å². The molecule has 3 aromatic rings. The number of carbonyl (C=O) groups excluding carboxylic acids is 1. The smallest absolute Gasteiger partial charge is 0.284 e. The Morgan fingerprint density at radius 3 is 2.46 bits per heavy atom. The molecule has 0 radical (unpaired) electrons. The van der Waals surface area contributed by atoms with E-state index in [0.717, 1.165) is 4.68 Å². The monoisotopic (exact) mass is 546 g/mol. The zero-order valence-electron chi connectivity index (χ0n) is 20.2. The summed E-state index contributed by atoms with van der Waals surface area (Å²) in [5.74, 6) is -0.673. The number of aromatic nitrogens is 4. The van der Waals surface area contributed by atoms with E-state index >= 15 is 0 Å². The lowest BCUT2D eigenvalue weighted by Crippen LogP contribution is -2.59. The normalized spacial score (nSPS) is 18.0. The van der Waals surface area contributed by atoms with Crippen molar-refractivity contribution in [2.24, 2.45) is 7.05 Å². The SMILES string of the molecule is Cn1cc(-n2nc(-c3ccc(Cl)cc3)cc(C(=O)NC3(CO)CCN(S(=O)(=O)C4CC4)CC3)c2=O)cn1. The van der Waals surface area contributed by atoms with Crippen molar-refractivity contribution >= 4 is 27.5 Å². The molecule has 1 amide bonds. The lowest BCUT2D eigenvalue weighted by atomic mass is 9.89. The predicted molar refractivity (Wildman–Crippen MR) is 137 cm³/mol. The zero-order chi connectivity index (χ0) is 26.4. The molecule has 1 saturated heterocycles. The molecule has 11 nitrogen and oxygen atoms in total. The highest BCUT2D eigenvalue weighted by molar-refractivity contribution is 7.90. The van der Waals surface area contributed by atoms with Gasteiger partial charge in [-0.2, -0.15) is 14.9 Å². The highest BCUT2D eigenvalue weighted by Gasteiger charge is 2.44. The number of hydrogen-bond donors (Lipinski definition) is 2. The largest absolute Gasteiger partial charge is 0.394 e. The van der Waals surface area contributed by atoms with E-state index in [4.69, 9.17) is 11.6 Å². The molecule has 1 aliphatic carbocycles. The van der Waals surface area contributed by atoms with E-state index in [0.29, 0.717) is 34.8 Å². The van der Waals surface area contributed by atoms with E-state index in [2.05, 4.69) is 15.5 Å². The number of benzene rings is 1. The summed E-state index contributed by atoms with van der Waals surface area (Å²) in [6.45, 7) is -0.0140. The minimum absolute atomic E-state index is 0.162. The van der Waals surface area contributed by atoms with Crippen LogP contribution in [0.25, 0.3) is 16.9 Å². The van der Waals surface area contributed by atoms with E-state index in [1.54, 1.807) is 37.5 Å². The lowest BCUT2D eigenvalue weighted by molar-refractivity contribution is 0.0720. The molecule has 2 aromatic heterocycles. The van der Waals surface area contributed by atoms with Crippen LogP contribution in [0.4, 0.5) is 0 Å². The van der Waals surface area contributed by atoms with Crippen molar-refractivity contribution < 1.29 is 18.3 Å². The Kier molecular flexibility index (Phi) is 6.69. The van der Waals surface area contributed by atoms with Gasteiger partial charge in [0.25, 0.3) is 11.5 Å². The zero-order valence-corrected chi connectivity index (χ0v) is 21.7. The number of rotatable bonds is 7. The molecule has 0 atom stereocenters. The number of piperidine rings is 1. The third-order valence-corrected chi connectivity index (χ3v) is 9.55. The van der Waals surface area contributed by atoms with Crippen LogP contribution in [0.3, 0.4) is 0 Å². The van der Waals surface area contributed by atoms with Crippen molar-refractivity contribution in [1.29, 1.82) is 0 Å². The van der Waals surface area contributed by atoms with Gasteiger partial charge in [-0.15, -0.1) is 0 Å². The van der Waals surface area contributed by atoms with Gasteiger partial charge in [-0.1, -0.05) is 23.7 Å². The number of amides is 1. The van der Waals surface area contributed by atoms with Crippen LogP contribution < -0.4 is 10.9 Å². The Balaban J connectivity index is 1.46. The first-order chi connectivity index (χ1) is 17.6. The quantitative estimate of drug-likeness (QED) is 0.455. The Morgan fingerprint density at radius 2 is 1.89 bits per heavy atom. The van der Waals surface area contributed by atoms with Crippen LogP contribution in [0.15, 0.2) is 47.5 Å². The summed E-state index contributed by atoms with van der Waals surface area (Å²) in [5.41, 5.74) is -0.468. The average Bonchev–Trinajstić information content (AvgIpc) is 3.67.